The molecule has 0 bridgehead atoms. The summed E-state index contributed by atoms with van der Waals surface area (Å²) in [4.78, 5) is 21.8. The molecule has 60 valence electrons. The van der Waals surface area contributed by atoms with Crippen LogP contribution < -0.4 is 0 Å². The van der Waals surface area contributed by atoms with Crippen molar-refractivity contribution in [2.45, 2.75) is 25.3 Å². The molecule has 2 amide bonds. The Morgan fingerprint density at radius 2 is 2.09 bits per heavy atom. The van der Waals surface area contributed by atoms with Crippen molar-refractivity contribution in [1.82, 2.24) is 4.90 Å². The lowest BCUT2D eigenvalue weighted by molar-refractivity contribution is -0.131. The Bertz CT molecular complexity index is 169. The van der Waals surface area contributed by atoms with E-state index in [1.807, 2.05) is 12.2 Å². The van der Waals surface area contributed by atoms with E-state index in [1.165, 1.54) is 0 Å². The first-order valence-electron chi connectivity index (χ1n) is 3.73. The summed E-state index contributed by atoms with van der Waals surface area (Å²) in [6.07, 6.45) is 8.08. The lowest BCUT2D eigenvalue weighted by Crippen LogP contribution is -2.32. The molecule has 1 atom stereocenters. The van der Waals surface area contributed by atoms with Crippen molar-refractivity contribution in [3.63, 3.8) is 0 Å². The second kappa shape index (κ2) is 3.91. The van der Waals surface area contributed by atoms with Crippen LogP contribution in [0.4, 0.5) is 0 Å². The third-order valence-electron chi connectivity index (χ3n) is 1.86. The van der Waals surface area contributed by atoms with Crippen molar-refractivity contribution in [3.8, 4) is 0 Å². The van der Waals surface area contributed by atoms with E-state index in [2.05, 4.69) is 0 Å². The van der Waals surface area contributed by atoms with Gasteiger partial charge in [0.25, 0.3) is 0 Å². The fourth-order valence-corrected chi connectivity index (χ4v) is 1.22. The number of nitrogens with zero attached hydrogens (tertiary/aromatic N) is 1. The standard InChI is InChI=1S/C8H11NO2/c10-6-9(7-11)8-4-2-1-3-5-8/h2,4,6-8H,1,3,5H2. The molecule has 0 spiro atoms. The zero-order chi connectivity index (χ0) is 8.10. The van der Waals surface area contributed by atoms with Gasteiger partial charge < -0.3 is 0 Å². The molecule has 0 radical (unpaired) electrons. The third-order valence-corrected chi connectivity index (χ3v) is 1.86. The number of amides is 2. The van der Waals surface area contributed by atoms with Crippen LogP contribution in [0.25, 0.3) is 0 Å². The van der Waals surface area contributed by atoms with Gasteiger partial charge in [-0.25, -0.2) is 0 Å². The number of allylic oxidation sites excluding steroid dienone is 1. The average molecular weight is 153 g/mol. The van der Waals surface area contributed by atoms with E-state index < -0.39 is 0 Å². The van der Waals surface area contributed by atoms with Gasteiger partial charge in [0.15, 0.2) is 0 Å². The van der Waals surface area contributed by atoms with Crippen LogP contribution in [0.2, 0.25) is 0 Å². The SMILES string of the molecule is O=CN(C=O)C1C=CCCC1. The number of rotatable bonds is 3. The molecule has 1 aliphatic carbocycles. The summed E-state index contributed by atoms with van der Waals surface area (Å²) in [5.41, 5.74) is 0. The predicted molar refractivity (Wildman–Crippen MR) is 40.7 cm³/mol. The lowest BCUT2D eigenvalue weighted by Gasteiger charge is -2.21. The van der Waals surface area contributed by atoms with E-state index in [4.69, 9.17) is 0 Å². The number of carbonyl (C=O) groups is 2. The van der Waals surface area contributed by atoms with E-state index in [9.17, 15) is 9.59 Å². The minimum absolute atomic E-state index is 0.00116. The highest BCUT2D eigenvalue weighted by Gasteiger charge is 2.14. The van der Waals surface area contributed by atoms with Crippen LogP contribution in [0.5, 0.6) is 0 Å². The molecule has 0 fully saturated rings. The Hall–Kier alpha value is -1.12. The molecule has 0 saturated heterocycles. The zero-order valence-electron chi connectivity index (χ0n) is 6.27. The normalized spacial score (nSPS) is 22.7. The van der Waals surface area contributed by atoms with Crippen LogP contribution in [0.3, 0.4) is 0 Å². The molecule has 0 aromatic heterocycles. The highest BCUT2D eigenvalue weighted by atomic mass is 16.2. The fourth-order valence-electron chi connectivity index (χ4n) is 1.22. The van der Waals surface area contributed by atoms with Crippen LogP contribution >= 0.6 is 0 Å². The predicted octanol–water partition coefficient (Wildman–Crippen LogP) is 0.710. The summed E-state index contributed by atoms with van der Waals surface area (Å²) in [7, 11) is 0. The molecular formula is C8H11NO2. The maximum Gasteiger partial charge on any atom is 0.216 e. The van der Waals surface area contributed by atoms with Gasteiger partial charge in [0.2, 0.25) is 12.8 Å². The molecule has 0 aliphatic heterocycles. The smallest absolute Gasteiger partial charge is 0.216 e. The molecule has 3 nitrogen and oxygen atoms in total. The fraction of sp³-hybridized carbons (Fsp3) is 0.500. The van der Waals surface area contributed by atoms with Gasteiger partial charge >= 0.3 is 0 Å². The van der Waals surface area contributed by atoms with Crippen LogP contribution in [-0.4, -0.2) is 23.8 Å². The first-order valence-corrected chi connectivity index (χ1v) is 3.73. The highest BCUT2D eigenvalue weighted by molar-refractivity contribution is 5.69. The summed E-state index contributed by atoms with van der Waals surface area (Å²) < 4.78 is 0. The second-order valence-corrected chi connectivity index (χ2v) is 2.58. The molecule has 1 aliphatic rings. The van der Waals surface area contributed by atoms with Gasteiger partial charge in [0.05, 0.1) is 6.04 Å². The van der Waals surface area contributed by atoms with Crippen molar-refractivity contribution < 1.29 is 9.59 Å². The molecule has 3 heteroatoms. The molecule has 11 heavy (non-hydrogen) atoms. The third kappa shape index (κ3) is 1.90. The first kappa shape index (κ1) is 7.98. The average Bonchev–Trinajstić information content (AvgIpc) is 2.09. The maximum atomic E-state index is 10.3. The Labute approximate surface area is 65.7 Å². The summed E-state index contributed by atoms with van der Waals surface area (Å²) in [6.45, 7) is 0. The van der Waals surface area contributed by atoms with Gasteiger partial charge in [-0.15, -0.1) is 0 Å². The number of hydrogen-bond acceptors (Lipinski definition) is 2. The topological polar surface area (TPSA) is 37.4 Å². The summed E-state index contributed by atoms with van der Waals surface area (Å²) >= 11 is 0. The summed E-state index contributed by atoms with van der Waals surface area (Å²) in [6, 6.07) is -0.00116. The number of hydrogen-bond donors (Lipinski definition) is 0. The Morgan fingerprint density at radius 3 is 2.55 bits per heavy atom. The quantitative estimate of drug-likeness (QED) is 0.442. The maximum absolute atomic E-state index is 10.3. The Kier molecular flexibility index (Phi) is 2.83. The molecule has 1 unspecified atom stereocenters. The van der Waals surface area contributed by atoms with Gasteiger partial charge in [-0.1, -0.05) is 12.2 Å². The minimum Gasteiger partial charge on any atom is -0.281 e. The Balaban J connectivity index is 2.55. The van der Waals surface area contributed by atoms with Gasteiger partial charge in [0, 0.05) is 0 Å². The first-order chi connectivity index (χ1) is 5.38. The molecule has 0 N–H and O–H groups in total. The van der Waals surface area contributed by atoms with E-state index in [0.717, 1.165) is 24.2 Å². The van der Waals surface area contributed by atoms with Gasteiger partial charge in [-0.05, 0) is 19.3 Å². The largest absolute Gasteiger partial charge is 0.281 e. The molecule has 0 aromatic rings. The van der Waals surface area contributed by atoms with Gasteiger partial charge in [0.1, 0.15) is 0 Å². The van der Waals surface area contributed by atoms with E-state index >= 15 is 0 Å². The lowest BCUT2D eigenvalue weighted by atomic mass is 10.0. The van der Waals surface area contributed by atoms with Crippen LogP contribution in [-0.2, 0) is 9.59 Å². The number of carbonyl (C=O) groups excluding carboxylic acids is 2. The van der Waals surface area contributed by atoms with Crippen LogP contribution in [0, 0.1) is 0 Å². The van der Waals surface area contributed by atoms with Crippen molar-refractivity contribution in [2.75, 3.05) is 0 Å². The van der Waals surface area contributed by atoms with E-state index in [0.29, 0.717) is 12.8 Å². The van der Waals surface area contributed by atoms with E-state index in [-0.39, 0.29) is 6.04 Å². The second-order valence-electron chi connectivity index (χ2n) is 2.58. The molecular weight excluding hydrogens is 142 g/mol. The summed E-state index contributed by atoms with van der Waals surface area (Å²) in [5, 5.41) is 0. The van der Waals surface area contributed by atoms with Gasteiger partial charge in [-0.2, -0.15) is 0 Å². The van der Waals surface area contributed by atoms with Crippen LogP contribution in [0.1, 0.15) is 19.3 Å². The molecule has 0 aromatic carbocycles. The van der Waals surface area contributed by atoms with Crippen LogP contribution in [0.15, 0.2) is 12.2 Å². The Morgan fingerprint density at radius 1 is 1.36 bits per heavy atom. The molecule has 0 saturated carbocycles. The molecule has 1 rings (SSSR count). The minimum atomic E-state index is -0.00116. The van der Waals surface area contributed by atoms with Crippen molar-refractivity contribution in [1.29, 1.82) is 0 Å². The van der Waals surface area contributed by atoms with Crippen molar-refractivity contribution in [2.24, 2.45) is 0 Å². The monoisotopic (exact) mass is 153 g/mol. The summed E-state index contributed by atoms with van der Waals surface area (Å²) in [5.74, 6) is 0. The molecule has 0 heterocycles. The highest BCUT2D eigenvalue weighted by Crippen LogP contribution is 2.13. The van der Waals surface area contributed by atoms with E-state index in [1.54, 1.807) is 0 Å². The van der Waals surface area contributed by atoms with Crippen molar-refractivity contribution >= 4 is 12.8 Å². The number of imide groups is 1. The van der Waals surface area contributed by atoms with Gasteiger partial charge in [-0.3, -0.25) is 14.5 Å². The zero-order valence-corrected chi connectivity index (χ0v) is 6.27. The van der Waals surface area contributed by atoms with Crippen molar-refractivity contribution in [3.05, 3.63) is 12.2 Å².